The summed E-state index contributed by atoms with van der Waals surface area (Å²) in [7, 11) is 0. The van der Waals surface area contributed by atoms with Crippen molar-refractivity contribution >= 4 is 22.8 Å². The summed E-state index contributed by atoms with van der Waals surface area (Å²) < 4.78 is 19.8. The van der Waals surface area contributed by atoms with Crippen molar-refractivity contribution in [1.82, 2.24) is 9.97 Å². The Morgan fingerprint density at radius 3 is 1.79 bits per heavy atom. The van der Waals surface area contributed by atoms with Crippen LogP contribution in [0.5, 0.6) is 11.9 Å². The molecular formula is C14H17ClN2O7. The number of rotatable bonds is 6. The molecular weight excluding hydrogens is 344 g/mol. The van der Waals surface area contributed by atoms with E-state index in [2.05, 4.69) is 9.97 Å². The van der Waals surface area contributed by atoms with Crippen molar-refractivity contribution in [2.75, 3.05) is 13.2 Å². The zero-order chi connectivity index (χ0) is 18.3. The van der Waals surface area contributed by atoms with Crippen LogP contribution in [0.2, 0.25) is 0 Å². The highest BCUT2D eigenvalue weighted by Gasteiger charge is 2.19. The molecule has 0 atom stereocenters. The number of aryl methyl sites for hydroxylation is 2. The lowest BCUT2D eigenvalue weighted by molar-refractivity contribution is 0.0683. The monoisotopic (exact) mass is 360 g/mol. The smallest absolute Gasteiger partial charge is 0.362 e. The summed E-state index contributed by atoms with van der Waals surface area (Å²) in [6.45, 7) is 7.46. The van der Waals surface area contributed by atoms with Gasteiger partial charge in [-0.2, -0.15) is 0 Å². The number of aromatic nitrogens is 2. The summed E-state index contributed by atoms with van der Waals surface area (Å²) in [6.07, 6.45) is 0. The SMILES string of the molecule is CCOc1oc(C)nc1C(=O)Cl.CCOc1oc(C)nc1C(=O)O. The van der Waals surface area contributed by atoms with Crippen LogP contribution in [-0.2, 0) is 0 Å². The standard InChI is InChI=1S/C7H8ClNO3.C7H9NO4/c1-3-11-7-5(6(8)10)9-4(2)12-7;1-3-11-7-5(6(9)10)8-4(2)12-7/h3H2,1-2H3;3H2,1-2H3,(H,9,10). The van der Waals surface area contributed by atoms with Crippen molar-refractivity contribution in [3.8, 4) is 11.9 Å². The predicted octanol–water partition coefficient (Wildman–Crippen LogP) is 2.84. The molecule has 0 unspecified atom stereocenters. The zero-order valence-corrected chi connectivity index (χ0v) is 14.3. The van der Waals surface area contributed by atoms with E-state index in [0.29, 0.717) is 19.1 Å². The van der Waals surface area contributed by atoms with Crippen LogP contribution >= 0.6 is 11.6 Å². The number of carbonyl (C=O) groups is 2. The van der Waals surface area contributed by atoms with Gasteiger partial charge in [0.15, 0.2) is 11.8 Å². The number of aromatic carboxylic acids is 1. The first-order valence-corrected chi connectivity index (χ1v) is 7.31. The van der Waals surface area contributed by atoms with Gasteiger partial charge in [0.2, 0.25) is 11.4 Å². The normalized spacial score (nSPS) is 9.88. The average Bonchev–Trinajstić information content (AvgIpc) is 3.04. The van der Waals surface area contributed by atoms with Gasteiger partial charge in [-0.05, 0) is 25.4 Å². The second-order valence-corrected chi connectivity index (χ2v) is 4.53. The third-order valence-corrected chi connectivity index (χ3v) is 2.52. The Labute approximate surface area is 142 Å². The molecule has 0 aliphatic heterocycles. The van der Waals surface area contributed by atoms with Crippen molar-refractivity contribution in [3.05, 3.63) is 23.2 Å². The molecule has 2 aromatic rings. The minimum Gasteiger partial charge on any atom is -0.476 e. The van der Waals surface area contributed by atoms with E-state index in [4.69, 9.17) is 35.0 Å². The summed E-state index contributed by atoms with van der Waals surface area (Å²) in [5.74, 6) is -0.425. The van der Waals surface area contributed by atoms with E-state index < -0.39 is 11.2 Å². The first-order valence-electron chi connectivity index (χ1n) is 6.93. The molecule has 24 heavy (non-hydrogen) atoms. The van der Waals surface area contributed by atoms with Crippen LogP contribution in [0.25, 0.3) is 0 Å². The van der Waals surface area contributed by atoms with Gasteiger partial charge >= 0.3 is 17.9 Å². The number of halogens is 1. The Hall–Kier alpha value is -2.55. The highest BCUT2D eigenvalue weighted by molar-refractivity contribution is 6.67. The first-order chi connectivity index (χ1) is 11.3. The second kappa shape index (κ2) is 8.92. The number of ether oxygens (including phenoxy) is 2. The van der Waals surface area contributed by atoms with Gasteiger partial charge in [0.05, 0.1) is 13.2 Å². The number of carboxylic acid groups (broad SMARTS) is 1. The molecule has 1 N–H and O–H groups in total. The Kier molecular flexibility index (Phi) is 7.25. The number of hydrogen-bond acceptors (Lipinski definition) is 8. The van der Waals surface area contributed by atoms with E-state index in [1.165, 1.54) is 0 Å². The van der Waals surface area contributed by atoms with E-state index in [9.17, 15) is 9.59 Å². The summed E-state index contributed by atoms with van der Waals surface area (Å²) >= 11 is 5.22. The summed E-state index contributed by atoms with van der Waals surface area (Å²) in [6, 6.07) is 0. The van der Waals surface area contributed by atoms with Crippen LogP contribution in [-0.4, -0.2) is 39.5 Å². The number of carbonyl (C=O) groups excluding carboxylic acids is 1. The number of carboxylic acids is 1. The van der Waals surface area contributed by atoms with Gasteiger partial charge in [-0.15, -0.1) is 0 Å². The minimum absolute atomic E-state index is 0.0255. The second-order valence-electron chi connectivity index (χ2n) is 4.18. The van der Waals surface area contributed by atoms with E-state index in [-0.39, 0.29) is 29.2 Å². The van der Waals surface area contributed by atoms with Crippen molar-refractivity contribution in [2.45, 2.75) is 27.7 Å². The third-order valence-electron chi connectivity index (χ3n) is 2.35. The van der Waals surface area contributed by atoms with Crippen LogP contribution < -0.4 is 9.47 Å². The van der Waals surface area contributed by atoms with Gasteiger partial charge in [-0.25, -0.2) is 14.8 Å². The maximum Gasteiger partial charge on any atom is 0.362 e. The highest BCUT2D eigenvalue weighted by atomic mass is 35.5. The van der Waals surface area contributed by atoms with Gasteiger partial charge < -0.3 is 23.4 Å². The van der Waals surface area contributed by atoms with Crippen molar-refractivity contribution in [1.29, 1.82) is 0 Å². The predicted molar refractivity (Wildman–Crippen MR) is 82.0 cm³/mol. The molecule has 2 rings (SSSR count). The summed E-state index contributed by atoms with van der Waals surface area (Å²) in [4.78, 5) is 28.6. The van der Waals surface area contributed by atoms with Crippen LogP contribution in [0.3, 0.4) is 0 Å². The molecule has 0 amide bonds. The van der Waals surface area contributed by atoms with Crippen molar-refractivity contribution < 1.29 is 33.0 Å². The molecule has 0 aromatic carbocycles. The Bertz CT molecular complexity index is 648. The summed E-state index contributed by atoms with van der Waals surface area (Å²) in [5.41, 5.74) is -0.134. The first kappa shape index (κ1) is 19.5. The maximum absolute atomic E-state index is 10.7. The quantitative estimate of drug-likeness (QED) is 0.773. The lowest BCUT2D eigenvalue weighted by Gasteiger charge is -1.96. The maximum atomic E-state index is 10.7. The average molecular weight is 361 g/mol. The highest BCUT2D eigenvalue weighted by Crippen LogP contribution is 2.21. The van der Waals surface area contributed by atoms with E-state index in [1.54, 1.807) is 27.7 Å². The van der Waals surface area contributed by atoms with Crippen LogP contribution in [0.15, 0.2) is 8.83 Å². The Morgan fingerprint density at radius 1 is 1.00 bits per heavy atom. The fourth-order valence-electron chi connectivity index (χ4n) is 1.53. The minimum atomic E-state index is -1.14. The Morgan fingerprint density at radius 2 is 1.42 bits per heavy atom. The van der Waals surface area contributed by atoms with Crippen molar-refractivity contribution in [3.63, 3.8) is 0 Å². The van der Waals surface area contributed by atoms with Gasteiger partial charge in [-0.3, -0.25) is 4.79 Å². The number of oxazole rings is 2. The van der Waals surface area contributed by atoms with Gasteiger partial charge in [0.1, 0.15) is 0 Å². The number of hydrogen-bond donors (Lipinski definition) is 1. The third kappa shape index (κ3) is 5.27. The molecule has 0 aliphatic rings. The number of nitrogens with zero attached hydrogens (tertiary/aromatic N) is 2. The lowest BCUT2D eigenvalue weighted by Crippen LogP contribution is -2.01. The van der Waals surface area contributed by atoms with E-state index in [0.717, 1.165) is 0 Å². The van der Waals surface area contributed by atoms with Gasteiger partial charge in [0, 0.05) is 13.8 Å². The molecule has 2 aromatic heterocycles. The molecule has 132 valence electrons. The van der Waals surface area contributed by atoms with E-state index >= 15 is 0 Å². The zero-order valence-electron chi connectivity index (χ0n) is 13.6. The molecule has 9 nitrogen and oxygen atoms in total. The largest absolute Gasteiger partial charge is 0.476 e. The lowest BCUT2D eigenvalue weighted by atomic mass is 10.5. The fraction of sp³-hybridized carbons (Fsp3) is 0.429. The summed E-state index contributed by atoms with van der Waals surface area (Å²) in [5, 5.41) is 7.93. The van der Waals surface area contributed by atoms with E-state index in [1.807, 2.05) is 0 Å². The molecule has 0 saturated carbocycles. The topological polar surface area (TPSA) is 125 Å². The van der Waals surface area contributed by atoms with Gasteiger partial charge in [-0.1, -0.05) is 0 Å². The molecule has 0 fully saturated rings. The van der Waals surface area contributed by atoms with Crippen LogP contribution in [0.1, 0.15) is 46.6 Å². The van der Waals surface area contributed by atoms with Crippen LogP contribution in [0.4, 0.5) is 0 Å². The molecule has 10 heteroatoms. The molecule has 0 bridgehead atoms. The van der Waals surface area contributed by atoms with Crippen molar-refractivity contribution in [2.24, 2.45) is 0 Å². The molecule has 0 saturated heterocycles. The molecule has 2 heterocycles. The molecule has 0 spiro atoms. The molecule has 0 aliphatic carbocycles. The fourth-order valence-corrected chi connectivity index (χ4v) is 1.65. The van der Waals surface area contributed by atoms with Gasteiger partial charge in [0.25, 0.3) is 5.24 Å². The molecule has 0 radical (unpaired) electrons. The Balaban J connectivity index is 0.000000240. The van der Waals surface area contributed by atoms with Crippen LogP contribution in [0, 0.1) is 13.8 Å².